The number of methoxy groups -OCH3 is 1. The first-order valence-electron chi connectivity index (χ1n) is 8.72. The highest BCUT2D eigenvalue weighted by atomic mass is 35.5. The van der Waals surface area contributed by atoms with Crippen LogP contribution in [0.25, 0.3) is 0 Å². The van der Waals surface area contributed by atoms with Crippen LogP contribution in [0.15, 0.2) is 48.5 Å². The van der Waals surface area contributed by atoms with Gasteiger partial charge in [0.05, 0.1) is 7.11 Å². The van der Waals surface area contributed by atoms with E-state index in [-0.39, 0.29) is 11.7 Å². The molecule has 0 saturated carbocycles. The molecule has 2 rings (SSSR count). The maximum Gasteiger partial charge on any atom is 0.329 e. The van der Waals surface area contributed by atoms with Crippen LogP contribution in [0.3, 0.4) is 0 Å². The molecule has 0 radical (unpaired) electrons. The number of carbonyl (C=O) groups excluding carboxylic acids is 3. The minimum Gasteiger partial charge on any atom is -0.497 e. The van der Waals surface area contributed by atoms with Crippen LogP contribution >= 0.6 is 11.6 Å². The van der Waals surface area contributed by atoms with Crippen LogP contribution in [0.1, 0.15) is 34.6 Å². The number of ketones is 1. The first-order chi connectivity index (χ1) is 13.3. The summed E-state index contributed by atoms with van der Waals surface area (Å²) in [5, 5.41) is 3.15. The molecule has 2 aromatic carbocycles. The number of Topliss-reactive ketones (excluding diaryl/α,β-unsaturated/α-hetero) is 1. The van der Waals surface area contributed by atoms with Crippen molar-refractivity contribution in [2.45, 2.75) is 19.9 Å². The van der Waals surface area contributed by atoms with E-state index in [2.05, 4.69) is 5.32 Å². The van der Waals surface area contributed by atoms with E-state index < -0.39 is 24.5 Å². The van der Waals surface area contributed by atoms with Crippen molar-refractivity contribution < 1.29 is 23.9 Å². The van der Waals surface area contributed by atoms with Gasteiger partial charge < -0.3 is 14.8 Å². The molecule has 1 amide bonds. The molecule has 0 aliphatic carbocycles. The van der Waals surface area contributed by atoms with Gasteiger partial charge in [0.1, 0.15) is 11.8 Å². The molecule has 1 atom stereocenters. The fourth-order valence-corrected chi connectivity index (χ4v) is 2.54. The van der Waals surface area contributed by atoms with E-state index in [0.29, 0.717) is 21.9 Å². The predicted molar refractivity (Wildman–Crippen MR) is 106 cm³/mol. The Morgan fingerprint density at radius 1 is 0.964 bits per heavy atom. The number of amides is 1. The van der Waals surface area contributed by atoms with Gasteiger partial charge in [-0.3, -0.25) is 9.59 Å². The van der Waals surface area contributed by atoms with E-state index in [4.69, 9.17) is 21.1 Å². The summed E-state index contributed by atoms with van der Waals surface area (Å²) in [4.78, 5) is 37.0. The number of hydrogen-bond acceptors (Lipinski definition) is 5. The van der Waals surface area contributed by atoms with Crippen LogP contribution in [-0.4, -0.2) is 37.4 Å². The Balaban J connectivity index is 1.97. The van der Waals surface area contributed by atoms with Gasteiger partial charge in [-0.25, -0.2) is 4.79 Å². The summed E-state index contributed by atoms with van der Waals surface area (Å²) in [6.45, 7) is 3.14. The van der Waals surface area contributed by atoms with Crippen LogP contribution in [0, 0.1) is 5.92 Å². The van der Waals surface area contributed by atoms with Gasteiger partial charge in [0.25, 0.3) is 5.91 Å². The average molecular weight is 404 g/mol. The number of hydrogen-bond donors (Lipinski definition) is 1. The third-order valence-electron chi connectivity index (χ3n) is 4.07. The summed E-state index contributed by atoms with van der Waals surface area (Å²) in [5.41, 5.74) is 0.775. The van der Waals surface area contributed by atoms with Gasteiger partial charge in [-0.15, -0.1) is 0 Å². The average Bonchev–Trinajstić information content (AvgIpc) is 2.70. The highest BCUT2D eigenvalue weighted by Crippen LogP contribution is 2.13. The summed E-state index contributed by atoms with van der Waals surface area (Å²) in [6, 6.07) is 11.9. The predicted octanol–water partition coefficient (Wildman–Crippen LogP) is 3.53. The normalized spacial score (nSPS) is 11.6. The SMILES string of the molecule is COc1ccc(C(=O)COC(=O)[C@H](NC(=O)c2ccc(Cl)cc2)C(C)C)cc1. The molecular formula is C21H22ClNO5. The summed E-state index contributed by atoms with van der Waals surface area (Å²) in [6.07, 6.45) is 0. The van der Waals surface area contributed by atoms with E-state index in [1.54, 1.807) is 62.4 Å². The Labute approximate surface area is 168 Å². The lowest BCUT2D eigenvalue weighted by atomic mass is 10.0. The van der Waals surface area contributed by atoms with Crippen LogP contribution in [-0.2, 0) is 9.53 Å². The lowest BCUT2D eigenvalue weighted by molar-refractivity contribution is -0.145. The molecule has 148 valence electrons. The molecule has 0 unspecified atom stereocenters. The van der Waals surface area contributed by atoms with Crippen molar-refractivity contribution in [1.82, 2.24) is 5.32 Å². The molecule has 28 heavy (non-hydrogen) atoms. The van der Waals surface area contributed by atoms with Gasteiger partial charge in [-0.1, -0.05) is 25.4 Å². The highest BCUT2D eigenvalue weighted by Gasteiger charge is 2.27. The van der Waals surface area contributed by atoms with Crippen LogP contribution in [0.2, 0.25) is 5.02 Å². The van der Waals surface area contributed by atoms with Gasteiger partial charge in [-0.05, 0) is 54.4 Å². The van der Waals surface area contributed by atoms with E-state index in [1.807, 2.05) is 0 Å². The minimum atomic E-state index is -0.883. The largest absolute Gasteiger partial charge is 0.497 e. The standard InChI is InChI=1S/C21H22ClNO5/c1-13(2)19(23-20(25)15-4-8-16(22)9-5-15)21(26)28-12-18(24)14-6-10-17(27-3)11-7-14/h4-11,13,19H,12H2,1-3H3,(H,23,25)/t19-/m1/s1. The number of esters is 1. The minimum absolute atomic E-state index is 0.222. The number of ether oxygens (including phenoxy) is 2. The number of rotatable bonds is 8. The molecule has 2 aromatic rings. The van der Waals surface area contributed by atoms with Gasteiger partial charge in [0.15, 0.2) is 12.4 Å². The molecule has 1 N–H and O–H groups in total. The fraction of sp³-hybridized carbons (Fsp3) is 0.286. The van der Waals surface area contributed by atoms with E-state index >= 15 is 0 Å². The molecule has 0 aromatic heterocycles. The van der Waals surface area contributed by atoms with Crippen LogP contribution in [0.5, 0.6) is 5.75 Å². The third kappa shape index (κ3) is 5.82. The van der Waals surface area contributed by atoms with Gasteiger partial charge in [-0.2, -0.15) is 0 Å². The second-order valence-corrected chi connectivity index (χ2v) is 6.90. The molecule has 6 nitrogen and oxygen atoms in total. The highest BCUT2D eigenvalue weighted by molar-refractivity contribution is 6.30. The smallest absolute Gasteiger partial charge is 0.329 e. The van der Waals surface area contributed by atoms with E-state index in [0.717, 1.165) is 0 Å². The summed E-state index contributed by atoms with van der Waals surface area (Å²) < 4.78 is 10.2. The van der Waals surface area contributed by atoms with Crippen molar-refractivity contribution in [3.63, 3.8) is 0 Å². The Hall–Kier alpha value is -2.86. The Morgan fingerprint density at radius 3 is 2.07 bits per heavy atom. The van der Waals surface area contributed by atoms with Gasteiger partial charge in [0.2, 0.25) is 0 Å². The van der Waals surface area contributed by atoms with Gasteiger partial charge >= 0.3 is 5.97 Å². The second kappa shape index (κ2) is 9.90. The Morgan fingerprint density at radius 2 is 1.54 bits per heavy atom. The molecule has 0 bridgehead atoms. The molecule has 0 fully saturated rings. The maximum absolute atomic E-state index is 12.4. The van der Waals surface area contributed by atoms with Crippen molar-refractivity contribution in [2.24, 2.45) is 5.92 Å². The van der Waals surface area contributed by atoms with E-state index in [1.165, 1.54) is 7.11 Å². The summed E-state index contributed by atoms with van der Waals surface area (Å²) in [5.74, 6) is -1.03. The quantitative estimate of drug-likeness (QED) is 0.538. The molecule has 0 aliphatic rings. The lowest BCUT2D eigenvalue weighted by Crippen LogP contribution is -2.45. The Kier molecular flexibility index (Phi) is 7.58. The summed E-state index contributed by atoms with van der Waals surface area (Å²) in [7, 11) is 1.53. The second-order valence-electron chi connectivity index (χ2n) is 6.46. The zero-order valence-corrected chi connectivity index (χ0v) is 16.7. The number of nitrogens with one attached hydrogen (secondary N) is 1. The Bertz CT molecular complexity index is 831. The fourth-order valence-electron chi connectivity index (χ4n) is 2.41. The maximum atomic E-state index is 12.4. The van der Waals surface area contributed by atoms with Crippen molar-refractivity contribution >= 4 is 29.3 Å². The van der Waals surface area contributed by atoms with E-state index in [9.17, 15) is 14.4 Å². The number of benzene rings is 2. The third-order valence-corrected chi connectivity index (χ3v) is 4.32. The molecule has 0 heterocycles. The first-order valence-corrected chi connectivity index (χ1v) is 9.10. The molecular weight excluding hydrogens is 382 g/mol. The molecule has 0 aliphatic heterocycles. The lowest BCUT2D eigenvalue weighted by Gasteiger charge is -2.20. The molecule has 0 saturated heterocycles. The van der Waals surface area contributed by atoms with Gasteiger partial charge in [0, 0.05) is 16.1 Å². The van der Waals surface area contributed by atoms with Crippen molar-refractivity contribution in [3.8, 4) is 5.75 Å². The summed E-state index contributed by atoms with van der Waals surface area (Å²) >= 11 is 5.82. The van der Waals surface area contributed by atoms with Crippen molar-refractivity contribution in [3.05, 3.63) is 64.7 Å². The number of carbonyl (C=O) groups is 3. The molecule has 7 heteroatoms. The van der Waals surface area contributed by atoms with Crippen molar-refractivity contribution in [2.75, 3.05) is 13.7 Å². The van der Waals surface area contributed by atoms with Crippen molar-refractivity contribution in [1.29, 1.82) is 0 Å². The zero-order valence-electron chi connectivity index (χ0n) is 15.9. The van der Waals surface area contributed by atoms with Crippen LogP contribution in [0.4, 0.5) is 0 Å². The topological polar surface area (TPSA) is 81.7 Å². The molecule has 0 spiro atoms. The van der Waals surface area contributed by atoms with Crippen LogP contribution < -0.4 is 10.1 Å². The monoisotopic (exact) mass is 403 g/mol. The number of halogens is 1. The first kappa shape index (κ1) is 21.4. The zero-order chi connectivity index (χ0) is 20.7.